The predicted molar refractivity (Wildman–Crippen MR) is 79.7 cm³/mol. The first-order valence-electron chi connectivity index (χ1n) is 6.83. The van der Waals surface area contributed by atoms with Crippen molar-refractivity contribution in [3.63, 3.8) is 0 Å². The Hall–Kier alpha value is -1.08. The van der Waals surface area contributed by atoms with E-state index in [1.54, 1.807) is 22.8 Å². The van der Waals surface area contributed by atoms with Crippen molar-refractivity contribution in [1.29, 1.82) is 0 Å². The number of carbonyl (C=O) groups excluding carboxylic acids is 1. The number of likely N-dealkylation sites (N-methyl/N-ethyl adjacent to an activating group) is 1. The van der Waals surface area contributed by atoms with Crippen molar-refractivity contribution in [2.75, 3.05) is 19.4 Å². The van der Waals surface area contributed by atoms with Gasteiger partial charge in [-0.25, -0.2) is 9.67 Å². The smallest absolute Gasteiger partial charge is 0.325 e. The summed E-state index contributed by atoms with van der Waals surface area (Å²) in [5.41, 5.74) is -0.584. The number of esters is 1. The van der Waals surface area contributed by atoms with Crippen LogP contribution in [0.3, 0.4) is 0 Å². The summed E-state index contributed by atoms with van der Waals surface area (Å²) in [6.45, 7) is 4.64. The molecule has 1 aromatic heterocycles. The number of nitrogens with one attached hydrogen (secondary N) is 1. The summed E-state index contributed by atoms with van der Waals surface area (Å²) < 4.78 is 6.64. The van der Waals surface area contributed by atoms with Crippen LogP contribution in [0.25, 0.3) is 0 Å². The van der Waals surface area contributed by atoms with E-state index in [4.69, 9.17) is 4.74 Å². The van der Waals surface area contributed by atoms with Gasteiger partial charge in [0.25, 0.3) is 0 Å². The molecule has 1 rings (SSSR count). The van der Waals surface area contributed by atoms with E-state index < -0.39 is 5.54 Å². The third-order valence-electron chi connectivity index (χ3n) is 3.17. The molecule has 0 bridgehead atoms. The van der Waals surface area contributed by atoms with Crippen LogP contribution in [-0.4, -0.2) is 45.7 Å². The Morgan fingerprint density at radius 2 is 2.30 bits per heavy atom. The van der Waals surface area contributed by atoms with Crippen molar-refractivity contribution in [3.8, 4) is 0 Å². The van der Waals surface area contributed by atoms with E-state index in [0.29, 0.717) is 0 Å². The fourth-order valence-corrected chi connectivity index (χ4v) is 2.93. The Morgan fingerprint density at radius 1 is 1.55 bits per heavy atom. The highest BCUT2D eigenvalue weighted by Crippen LogP contribution is 2.19. The number of methoxy groups -OCH3 is 1. The maximum absolute atomic E-state index is 11.8. The third kappa shape index (κ3) is 4.79. The van der Waals surface area contributed by atoms with Gasteiger partial charge in [0, 0.05) is 12.8 Å². The number of hydrogen-bond acceptors (Lipinski definition) is 6. The maximum atomic E-state index is 11.8. The molecule has 0 radical (unpaired) electrons. The molecule has 1 atom stereocenters. The van der Waals surface area contributed by atoms with Gasteiger partial charge >= 0.3 is 5.97 Å². The lowest BCUT2D eigenvalue weighted by atomic mass is 9.95. The van der Waals surface area contributed by atoms with Crippen molar-refractivity contribution in [2.24, 2.45) is 7.05 Å². The topological polar surface area (TPSA) is 69.0 Å². The van der Waals surface area contributed by atoms with E-state index >= 15 is 0 Å². The quantitative estimate of drug-likeness (QED) is 0.424. The molecule has 114 valence electrons. The standard InChI is InChI=1S/C13H24N4O2S/c1-5-15-13(2,11(18)19-4)8-6-7-9-20-12-14-10-16-17(12)3/h10,15H,5-9H2,1-4H3. The van der Waals surface area contributed by atoms with Crippen LogP contribution in [0.15, 0.2) is 11.5 Å². The van der Waals surface area contributed by atoms with Gasteiger partial charge < -0.3 is 10.1 Å². The molecule has 7 heteroatoms. The van der Waals surface area contributed by atoms with Gasteiger partial charge in [0.1, 0.15) is 11.9 Å². The molecule has 20 heavy (non-hydrogen) atoms. The Kier molecular flexibility index (Phi) is 7.01. The molecule has 0 aliphatic heterocycles. The van der Waals surface area contributed by atoms with Crippen LogP contribution in [0.5, 0.6) is 0 Å². The Labute approximate surface area is 124 Å². The van der Waals surface area contributed by atoms with Crippen molar-refractivity contribution in [1.82, 2.24) is 20.1 Å². The summed E-state index contributed by atoms with van der Waals surface area (Å²) in [7, 11) is 3.32. The van der Waals surface area contributed by atoms with Gasteiger partial charge in [-0.1, -0.05) is 25.1 Å². The van der Waals surface area contributed by atoms with Crippen LogP contribution in [0.4, 0.5) is 0 Å². The van der Waals surface area contributed by atoms with Crippen molar-refractivity contribution >= 4 is 17.7 Å². The second-order valence-electron chi connectivity index (χ2n) is 4.83. The van der Waals surface area contributed by atoms with Crippen LogP contribution in [0.1, 0.15) is 33.1 Å². The molecule has 1 heterocycles. The highest BCUT2D eigenvalue weighted by Gasteiger charge is 2.32. The van der Waals surface area contributed by atoms with Gasteiger partial charge in [-0.05, 0) is 26.3 Å². The zero-order valence-electron chi connectivity index (χ0n) is 12.7. The monoisotopic (exact) mass is 300 g/mol. The third-order valence-corrected chi connectivity index (χ3v) is 4.30. The molecule has 0 aliphatic carbocycles. The van der Waals surface area contributed by atoms with E-state index in [0.717, 1.165) is 36.7 Å². The lowest BCUT2D eigenvalue weighted by Gasteiger charge is -2.27. The molecule has 1 unspecified atom stereocenters. The van der Waals surface area contributed by atoms with Gasteiger partial charge in [0.2, 0.25) is 0 Å². The Bertz CT molecular complexity index is 424. The number of thioether (sulfide) groups is 1. The minimum atomic E-state index is -0.584. The van der Waals surface area contributed by atoms with Crippen molar-refractivity contribution in [3.05, 3.63) is 6.33 Å². The van der Waals surface area contributed by atoms with Crippen LogP contribution in [-0.2, 0) is 16.6 Å². The summed E-state index contributed by atoms with van der Waals surface area (Å²) in [4.78, 5) is 16.0. The summed E-state index contributed by atoms with van der Waals surface area (Å²) >= 11 is 1.68. The normalized spacial score (nSPS) is 14.0. The largest absolute Gasteiger partial charge is 0.468 e. The van der Waals surface area contributed by atoms with Gasteiger partial charge in [-0.3, -0.25) is 4.79 Å². The molecule has 1 aromatic rings. The van der Waals surface area contributed by atoms with E-state index in [1.165, 1.54) is 7.11 Å². The Balaban J connectivity index is 2.31. The lowest BCUT2D eigenvalue weighted by molar-refractivity contribution is -0.148. The van der Waals surface area contributed by atoms with Gasteiger partial charge in [-0.2, -0.15) is 5.10 Å². The number of carbonyl (C=O) groups is 1. The van der Waals surface area contributed by atoms with Gasteiger partial charge in [-0.15, -0.1) is 0 Å². The first-order valence-corrected chi connectivity index (χ1v) is 7.82. The zero-order chi connectivity index (χ0) is 15.0. The van der Waals surface area contributed by atoms with Gasteiger partial charge in [0.05, 0.1) is 7.11 Å². The first-order chi connectivity index (χ1) is 9.53. The molecular formula is C13H24N4O2S. The van der Waals surface area contributed by atoms with E-state index in [1.807, 2.05) is 20.9 Å². The number of unbranched alkanes of at least 4 members (excludes halogenated alkanes) is 1. The minimum absolute atomic E-state index is 0.194. The number of nitrogens with zero attached hydrogens (tertiary/aromatic N) is 3. The average molecular weight is 300 g/mol. The highest BCUT2D eigenvalue weighted by molar-refractivity contribution is 7.99. The van der Waals surface area contributed by atoms with E-state index in [9.17, 15) is 4.79 Å². The fourth-order valence-electron chi connectivity index (χ4n) is 2.04. The SMILES string of the molecule is CCNC(C)(CCCCSc1ncnn1C)C(=O)OC. The first kappa shape index (κ1) is 17.0. The van der Waals surface area contributed by atoms with Crippen LogP contribution in [0.2, 0.25) is 0 Å². The minimum Gasteiger partial charge on any atom is -0.468 e. The Morgan fingerprint density at radius 3 is 2.85 bits per heavy atom. The second-order valence-corrected chi connectivity index (χ2v) is 5.89. The summed E-state index contributed by atoms with van der Waals surface area (Å²) in [6.07, 6.45) is 4.31. The molecule has 0 fully saturated rings. The van der Waals surface area contributed by atoms with Crippen molar-refractivity contribution in [2.45, 2.75) is 43.8 Å². The number of hydrogen-bond donors (Lipinski definition) is 1. The molecule has 0 spiro atoms. The number of ether oxygens (including phenoxy) is 1. The molecule has 0 saturated carbocycles. The fraction of sp³-hybridized carbons (Fsp3) is 0.769. The second kappa shape index (κ2) is 8.26. The average Bonchev–Trinajstić information content (AvgIpc) is 2.83. The predicted octanol–water partition coefficient (Wildman–Crippen LogP) is 1.62. The number of aryl methyl sites for hydroxylation is 1. The summed E-state index contributed by atoms with van der Waals surface area (Å²) in [6, 6.07) is 0. The molecule has 0 aromatic carbocycles. The molecular weight excluding hydrogens is 276 g/mol. The van der Waals surface area contributed by atoms with Crippen LogP contribution < -0.4 is 5.32 Å². The maximum Gasteiger partial charge on any atom is 0.325 e. The molecule has 0 saturated heterocycles. The molecule has 1 N–H and O–H groups in total. The highest BCUT2D eigenvalue weighted by atomic mass is 32.2. The summed E-state index contributed by atoms with van der Waals surface area (Å²) in [5.74, 6) is 0.774. The van der Waals surface area contributed by atoms with E-state index in [-0.39, 0.29) is 5.97 Å². The molecule has 0 amide bonds. The summed E-state index contributed by atoms with van der Waals surface area (Å²) in [5, 5.41) is 8.17. The number of aromatic nitrogens is 3. The van der Waals surface area contributed by atoms with Crippen LogP contribution in [0, 0.1) is 0 Å². The lowest BCUT2D eigenvalue weighted by Crippen LogP contribution is -2.50. The zero-order valence-corrected chi connectivity index (χ0v) is 13.5. The van der Waals surface area contributed by atoms with Gasteiger partial charge in [0.15, 0.2) is 5.16 Å². The van der Waals surface area contributed by atoms with Crippen LogP contribution >= 0.6 is 11.8 Å². The van der Waals surface area contributed by atoms with Crippen molar-refractivity contribution < 1.29 is 9.53 Å². The number of rotatable bonds is 9. The molecule has 0 aliphatic rings. The molecule has 6 nitrogen and oxygen atoms in total. The van der Waals surface area contributed by atoms with E-state index in [2.05, 4.69) is 15.4 Å².